The van der Waals surface area contributed by atoms with Crippen molar-refractivity contribution in [3.8, 4) is 0 Å². The van der Waals surface area contributed by atoms with E-state index in [0.29, 0.717) is 6.42 Å². The summed E-state index contributed by atoms with van der Waals surface area (Å²) in [6.45, 7) is 1.18. The second kappa shape index (κ2) is 5.09. The Bertz CT molecular complexity index is 286. The molecule has 7 heteroatoms. The summed E-state index contributed by atoms with van der Waals surface area (Å²) in [4.78, 5) is 23.5. The number of urea groups is 1. The Hall–Kier alpha value is -1.40. The molecule has 1 aliphatic heterocycles. The van der Waals surface area contributed by atoms with E-state index in [1.165, 1.54) is 4.90 Å². The Morgan fingerprint density at radius 3 is 2.62 bits per heavy atom. The maximum absolute atomic E-state index is 11.9. The SMILES string of the molecule is CC1C(C(=O)O)CCN1C(=O)NCC(F)F. The van der Waals surface area contributed by atoms with Crippen molar-refractivity contribution in [1.29, 1.82) is 0 Å². The van der Waals surface area contributed by atoms with Gasteiger partial charge in [-0.2, -0.15) is 0 Å². The van der Waals surface area contributed by atoms with Crippen LogP contribution >= 0.6 is 0 Å². The highest BCUT2D eigenvalue weighted by Gasteiger charge is 2.38. The molecule has 1 aliphatic rings. The van der Waals surface area contributed by atoms with Gasteiger partial charge < -0.3 is 15.3 Å². The average Bonchev–Trinajstić information content (AvgIpc) is 2.56. The molecule has 0 aromatic heterocycles. The number of hydrogen-bond acceptors (Lipinski definition) is 2. The maximum atomic E-state index is 11.9. The molecule has 2 amide bonds. The highest BCUT2D eigenvalue weighted by Crippen LogP contribution is 2.24. The molecule has 0 spiro atoms. The van der Waals surface area contributed by atoms with Crippen molar-refractivity contribution in [3.63, 3.8) is 0 Å². The molecule has 1 saturated heterocycles. The number of carboxylic acids is 1. The van der Waals surface area contributed by atoms with Crippen LogP contribution < -0.4 is 5.32 Å². The van der Waals surface area contributed by atoms with Gasteiger partial charge in [0.25, 0.3) is 6.43 Å². The average molecular weight is 236 g/mol. The minimum Gasteiger partial charge on any atom is -0.481 e. The summed E-state index contributed by atoms with van der Waals surface area (Å²) >= 11 is 0. The zero-order chi connectivity index (χ0) is 12.3. The lowest BCUT2D eigenvalue weighted by atomic mass is 10.0. The fraction of sp³-hybridized carbons (Fsp3) is 0.778. The fourth-order valence-electron chi connectivity index (χ4n) is 1.82. The van der Waals surface area contributed by atoms with Crippen molar-refractivity contribution >= 4 is 12.0 Å². The van der Waals surface area contributed by atoms with E-state index < -0.39 is 36.9 Å². The molecule has 0 aliphatic carbocycles. The van der Waals surface area contributed by atoms with Crippen LogP contribution in [0.25, 0.3) is 0 Å². The van der Waals surface area contributed by atoms with Gasteiger partial charge >= 0.3 is 12.0 Å². The van der Waals surface area contributed by atoms with Gasteiger partial charge in [-0.15, -0.1) is 0 Å². The molecule has 16 heavy (non-hydrogen) atoms. The summed E-state index contributed by atoms with van der Waals surface area (Å²) < 4.78 is 23.7. The number of nitrogens with zero attached hydrogens (tertiary/aromatic N) is 1. The Balaban J connectivity index is 2.49. The van der Waals surface area contributed by atoms with E-state index in [-0.39, 0.29) is 6.54 Å². The molecular weight excluding hydrogens is 222 g/mol. The first kappa shape index (κ1) is 12.7. The van der Waals surface area contributed by atoms with Crippen molar-refractivity contribution in [2.75, 3.05) is 13.1 Å². The first-order valence-electron chi connectivity index (χ1n) is 4.99. The first-order valence-corrected chi connectivity index (χ1v) is 4.99. The second-order valence-electron chi connectivity index (χ2n) is 3.74. The van der Waals surface area contributed by atoms with Crippen LogP contribution in [0.5, 0.6) is 0 Å². The zero-order valence-electron chi connectivity index (χ0n) is 8.82. The standard InChI is InChI=1S/C9H14F2N2O3/c1-5-6(8(14)15)2-3-13(5)9(16)12-4-7(10)11/h5-7H,2-4H2,1H3,(H,12,16)(H,14,15). The number of rotatable bonds is 3. The lowest BCUT2D eigenvalue weighted by Crippen LogP contribution is -2.45. The predicted molar refractivity (Wildman–Crippen MR) is 51.3 cm³/mol. The minimum absolute atomic E-state index is 0.285. The summed E-state index contributed by atoms with van der Waals surface area (Å²) in [6, 6.07) is -1.09. The molecule has 0 saturated carbocycles. The third-order valence-corrected chi connectivity index (χ3v) is 2.74. The topological polar surface area (TPSA) is 69.6 Å². The molecule has 2 N–H and O–H groups in total. The molecule has 2 atom stereocenters. The molecule has 2 unspecified atom stereocenters. The van der Waals surface area contributed by atoms with Gasteiger partial charge in [0.15, 0.2) is 0 Å². The Morgan fingerprint density at radius 2 is 2.19 bits per heavy atom. The van der Waals surface area contributed by atoms with Gasteiger partial charge in [0.05, 0.1) is 12.5 Å². The van der Waals surface area contributed by atoms with E-state index in [1.54, 1.807) is 6.92 Å². The summed E-state index contributed by atoms with van der Waals surface area (Å²) in [5, 5.41) is 10.9. The van der Waals surface area contributed by atoms with Gasteiger partial charge in [-0.25, -0.2) is 13.6 Å². The third kappa shape index (κ3) is 2.80. The maximum Gasteiger partial charge on any atom is 0.317 e. The third-order valence-electron chi connectivity index (χ3n) is 2.74. The number of amides is 2. The summed E-state index contributed by atoms with van der Waals surface area (Å²) in [6.07, 6.45) is -2.24. The smallest absolute Gasteiger partial charge is 0.317 e. The number of carboxylic acid groups (broad SMARTS) is 1. The highest BCUT2D eigenvalue weighted by atomic mass is 19.3. The number of halogens is 2. The molecule has 5 nitrogen and oxygen atoms in total. The summed E-state index contributed by atoms with van der Waals surface area (Å²) in [5.74, 6) is -1.58. The van der Waals surface area contributed by atoms with Crippen LogP contribution in [0.15, 0.2) is 0 Å². The van der Waals surface area contributed by atoms with Crippen molar-refractivity contribution in [1.82, 2.24) is 10.2 Å². The van der Waals surface area contributed by atoms with E-state index in [2.05, 4.69) is 5.32 Å². The number of alkyl halides is 2. The molecule has 1 rings (SSSR count). The van der Waals surface area contributed by atoms with E-state index in [4.69, 9.17) is 5.11 Å². The van der Waals surface area contributed by atoms with Crippen molar-refractivity contribution < 1.29 is 23.5 Å². The van der Waals surface area contributed by atoms with Crippen LogP contribution in [0.3, 0.4) is 0 Å². The number of nitrogens with one attached hydrogen (secondary N) is 1. The number of aliphatic carboxylic acids is 1. The monoisotopic (exact) mass is 236 g/mol. The second-order valence-corrected chi connectivity index (χ2v) is 3.74. The largest absolute Gasteiger partial charge is 0.481 e. The molecule has 0 bridgehead atoms. The van der Waals surface area contributed by atoms with Crippen LogP contribution in [-0.4, -0.2) is 47.6 Å². The van der Waals surface area contributed by atoms with Gasteiger partial charge in [0.1, 0.15) is 0 Å². The number of carbonyl (C=O) groups excluding carboxylic acids is 1. The molecule has 0 aromatic rings. The van der Waals surface area contributed by atoms with Crippen molar-refractivity contribution in [2.45, 2.75) is 25.8 Å². The molecule has 1 heterocycles. The lowest BCUT2D eigenvalue weighted by molar-refractivity contribution is -0.142. The van der Waals surface area contributed by atoms with Crippen LogP contribution in [0.1, 0.15) is 13.3 Å². The molecule has 0 radical (unpaired) electrons. The Labute approximate surface area is 91.4 Å². The summed E-state index contributed by atoms with van der Waals surface area (Å²) in [7, 11) is 0. The highest BCUT2D eigenvalue weighted by molar-refractivity contribution is 5.78. The number of likely N-dealkylation sites (tertiary alicyclic amines) is 1. The van der Waals surface area contributed by atoms with Gasteiger partial charge in [-0.05, 0) is 13.3 Å². The fourth-order valence-corrected chi connectivity index (χ4v) is 1.82. The van der Waals surface area contributed by atoms with Crippen LogP contribution in [0.4, 0.5) is 13.6 Å². The molecule has 1 fully saturated rings. The van der Waals surface area contributed by atoms with E-state index in [0.717, 1.165) is 0 Å². The molecule has 92 valence electrons. The normalized spacial score (nSPS) is 24.9. The summed E-state index contributed by atoms with van der Waals surface area (Å²) in [5.41, 5.74) is 0. The zero-order valence-corrected chi connectivity index (χ0v) is 8.82. The molecular formula is C9H14F2N2O3. The Kier molecular flexibility index (Phi) is 4.03. The van der Waals surface area contributed by atoms with Gasteiger partial charge in [-0.3, -0.25) is 4.79 Å². The van der Waals surface area contributed by atoms with E-state index in [1.807, 2.05) is 0 Å². The van der Waals surface area contributed by atoms with Gasteiger partial charge in [-0.1, -0.05) is 0 Å². The Morgan fingerprint density at radius 1 is 1.56 bits per heavy atom. The number of carbonyl (C=O) groups is 2. The first-order chi connectivity index (χ1) is 7.43. The van der Waals surface area contributed by atoms with Crippen molar-refractivity contribution in [2.24, 2.45) is 5.92 Å². The van der Waals surface area contributed by atoms with E-state index >= 15 is 0 Å². The predicted octanol–water partition coefficient (Wildman–Crippen LogP) is 0.756. The quantitative estimate of drug-likeness (QED) is 0.759. The van der Waals surface area contributed by atoms with Crippen LogP contribution in [-0.2, 0) is 4.79 Å². The molecule has 0 aromatic carbocycles. The van der Waals surface area contributed by atoms with Gasteiger partial charge in [0.2, 0.25) is 0 Å². The van der Waals surface area contributed by atoms with Crippen molar-refractivity contribution in [3.05, 3.63) is 0 Å². The minimum atomic E-state index is -2.60. The lowest BCUT2D eigenvalue weighted by Gasteiger charge is -2.23. The van der Waals surface area contributed by atoms with Gasteiger partial charge in [0, 0.05) is 12.6 Å². The van der Waals surface area contributed by atoms with Crippen LogP contribution in [0.2, 0.25) is 0 Å². The van der Waals surface area contributed by atoms with E-state index in [9.17, 15) is 18.4 Å². The number of hydrogen-bond donors (Lipinski definition) is 2. The van der Waals surface area contributed by atoms with Crippen LogP contribution in [0, 0.1) is 5.92 Å².